The van der Waals surface area contributed by atoms with Gasteiger partial charge in [0.2, 0.25) is 0 Å². The quantitative estimate of drug-likeness (QED) is 0.623. The molecule has 0 aliphatic carbocycles. The van der Waals surface area contributed by atoms with Gasteiger partial charge in [0.15, 0.2) is 0 Å². The van der Waals surface area contributed by atoms with E-state index in [1.54, 1.807) is 27.7 Å². The van der Waals surface area contributed by atoms with Crippen LogP contribution in [-0.4, -0.2) is 33.2 Å². The molecule has 1 rings (SSSR count). The van der Waals surface area contributed by atoms with Crippen LogP contribution in [0.4, 0.5) is 10.5 Å². The number of rotatable bonds is 3. The minimum Gasteiger partial charge on any atom is -0.465 e. The van der Waals surface area contributed by atoms with E-state index in [9.17, 15) is 18.0 Å². The average molecular weight is 392 g/mol. The number of hydrogen-bond acceptors (Lipinski definition) is 6. The van der Waals surface area contributed by atoms with Gasteiger partial charge in [0.1, 0.15) is 5.60 Å². The van der Waals surface area contributed by atoms with Gasteiger partial charge < -0.3 is 9.47 Å². The molecule has 0 unspecified atom stereocenters. The Morgan fingerprint density at radius 1 is 1.04 bits per heavy atom. The molecule has 1 aromatic carbocycles. The minimum absolute atomic E-state index is 0.0263. The Morgan fingerprint density at radius 3 is 1.96 bits per heavy atom. The highest BCUT2D eigenvalue weighted by molar-refractivity contribution is 8.13. The summed E-state index contributed by atoms with van der Waals surface area (Å²) in [6, 6.07) is 0. The standard InChI is InChI=1S/C16H22ClNO6S/c1-8-11(14(19)23-7)9(2)13(25(17,21)22)10(3)12(8)18-15(20)24-16(4,5)6/h1-7H3,(H,18,20). The van der Waals surface area contributed by atoms with E-state index in [0.29, 0.717) is 5.56 Å². The van der Waals surface area contributed by atoms with Crippen LogP contribution in [0.5, 0.6) is 0 Å². The fraction of sp³-hybridized carbons (Fsp3) is 0.500. The SMILES string of the molecule is COC(=O)c1c(C)c(NC(=O)OC(C)(C)C)c(C)c(S(=O)(=O)Cl)c1C. The fourth-order valence-corrected chi connectivity index (χ4v) is 4.19. The third-order valence-electron chi connectivity index (χ3n) is 3.44. The van der Waals surface area contributed by atoms with Gasteiger partial charge in [-0.15, -0.1) is 0 Å². The molecule has 0 aromatic heterocycles. The van der Waals surface area contributed by atoms with E-state index in [2.05, 4.69) is 5.32 Å². The van der Waals surface area contributed by atoms with Crippen LogP contribution >= 0.6 is 10.7 Å². The lowest BCUT2D eigenvalue weighted by Gasteiger charge is -2.23. The monoisotopic (exact) mass is 391 g/mol. The van der Waals surface area contributed by atoms with Gasteiger partial charge >= 0.3 is 12.1 Å². The summed E-state index contributed by atoms with van der Waals surface area (Å²) in [5.41, 5.74) is 0.146. The van der Waals surface area contributed by atoms with Crippen molar-refractivity contribution in [3.63, 3.8) is 0 Å². The summed E-state index contributed by atoms with van der Waals surface area (Å²) in [6.45, 7) is 9.59. The molecule has 0 fully saturated rings. The molecule has 7 nitrogen and oxygen atoms in total. The second-order valence-corrected chi connectivity index (χ2v) is 9.01. The number of carbonyl (C=O) groups is 2. The highest BCUT2D eigenvalue weighted by atomic mass is 35.7. The van der Waals surface area contributed by atoms with E-state index < -0.39 is 26.7 Å². The zero-order valence-electron chi connectivity index (χ0n) is 15.2. The van der Waals surface area contributed by atoms with Gasteiger partial charge in [0.05, 0.1) is 23.3 Å². The number of amides is 1. The first kappa shape index (κ1) is 21.2. The van der Waals surface area contributed by atoms with Crippen molar-refractivity contribution in [1.82, 2.24) is 0 Å². The van der Waals surface area contributed by atoms with Crippen LogP contribution in [0.3, 0.4) is 0 Å². The molecule has 25 heavy (non-hydrogen) atoms. The van der Waals surface area contributed by atoms with Gasteiger partial charge in [-0.3, -0.25) is 5.32 Å². The number of carbonyl (C=O) groups excluding carboxylic acids is 2. The van der Waals surface area contributed by atoms with Crippen LogP contribution in [0.2, 0.25) is 0 Å². The van der Waals surface area contributed by atoms with Crippen molar-refractivity contribution in [2.75, 3.05) is 12.4 Å². The number of benzene rings is 1. The Morgan fingerprint density at radius 2 is 1.56 bits per heavy atom. The molecule has 9 heteroatoms. The first-order valence-electron chi connectivity index (χ1n) is 7.37. The summed E-state index contributed by atoms with van der Waals surface area (Å²) in [5.74, 6) is -0.733. The number of halogens is 1. The molecule has 1 N–H and O–H groups in total. The normalized spacial score (nSPS) is 11.8. The number of methoxy groups -OCH3 is 1. The largest absolute Gasteiger partial charge is 0.465 e. The van der Waals surface area contributed by atoms with Crippen molar-refractivity contribution in [3.8, 4) is 0 Å². The van der Waals surface area contributed by atoms with Crippen molar-refractivity contribution >= 4 is 37.5 Å². The van der Waals surface area contributed by atoms with E-state index in [0.717, 1.165) is 0 Å². The highest BCUT2D eigenvalue weighted by Crippen LogP contribution is 2.36. The first-order valence-corrected chi connectivity index (χ1v) is 9.68. The molecule has 0 saturated heterocycles. The molecule has 1 amide bonds. The minimum atomic E-state index is -4.17. The Balaban J connectivity index is 3.68. The van der Waals surface area contributed by atoms with Crippen LogP contribution < -0.4 is 5.32 Å². The Bertz CT molecular complexity index is 824. The van der Waals surface area contributed by atoms with Crippen LogP contribution in [0, 0.1) is 20.8 Å². The summed E-state index contributed by atoms with van der Waals surface area (Å²) in [4.78, 5) is 24.0. The van der Waals surface area contributed by atoms with Crippen LogP contribution in [0.1, 0.15) is 47.8 Å². The summed E-state index contributed by atoms with van der Waals surface area (Å²) < 4.78 is 33.9. The number of hydrogen-bond donors (Lipinski definition) is 1. The van der Waals surface area contributed by atoms with E-state index in [-0.39, 0.29) is 27.3 Å². The maximum atomic E-state index is 12.1. The number of nitrogens with one attached hydrogen (secondary N) is 1. The van der Waals surface area contributed by atoms with Gasteiger partial charge in [-0.05, 0) is 58.2 Å². The van der Waals surface area contributed by atoms with E-state index in [4.69, 9.17) is 20.2 Å². The number of anilines is 1. The maximum absolute atomic E-state index is 12.1. The number of ether oxygens (including phenoxy) is 2. The van der Waals surface area contributed by atoms with Crippen LogP contribution in [0.25, 0.3) is 0 Å². The van der Waals surface area contributed by atoms with Crippen molar-refractivity contribution in [1.29, 1.82) is 0 Å². The van der Waals surface area contributed by atoms with Crippen molar-refractivity contribution in [2.45, 2.75) is 52.0 Å². The molecule has 0 spiro atoms. The van der Waals surface area contributed by atoms with Gasteiger partial charge in [0.25, 0.3) is 9.05 Å². The molecule has 0 atom stereocenters. The predicted molar refractivity (Wildman–Crippen MR) is 94.9 cm³/mol. The topological polar surface area (TPSA) is 98.8 Å². The van der Waals surface area contributed by atoms with E-state index in [1.165, 1.54) is 21.0 Å². The predicted octanol–water partition coefficient (Wildman–Crippen LogP) is 3.67. The lowest BCUT2D eigenvalue weighted by atomic mass is 9.97. The lowest BCUT2D eigenvalue weighted by Crippen LogP contribution is -2.28. The lowest BCUT2D eigenvalue weighted by molar-refractivity contribution is 0.0594. The van der Waals surface area contributed by atoms with Gasteiger partial charge in [-0.25, -0.2) is 18.0 Å². The van der Waals surface area contributed by atoms with E-state index >= 15 is 0 Å². The molecular formula is C16H22ClNO6S. The number of esters is 1. The summed E-state index contributed by atoms with van der Waals surface area (Å²) >= 11 is 0. The smallest absolute Gasteiger partial charge is 0.412 e. The van der Waals surface area contributed by atoms with E-state index in [1.807, 2.05) is 0 Å². The molecule has 1 aromatic rings. The summed E-state index contributed by atoms with van der Waals surface area (Å²) in [7, 11) is 2.54. The molecule has 0 saturated carbocycles. The van der Waals surface area contributed by atoms with Crippen molar-refractivity contribution < 1.29 is 27.5 Å². The molecule has 0 heterocycles. The summed E-state index contributed by atoms with van der Waals surface area (Å²) in [5, 5.41) is 2.50. The van der Waals surface area contributed by atoms with Gasteiger partial charge in [0, 0.05) is 10.7 Å². The van der Waals surface area contributed by atoms with Crippen molar-refractivity contribution in [2.24, 2.45) is 0 Å². The highest BCUT2D eigenvalue weighted by Gasteiger charge is 2.29. The molecule has 140 valence electrons. The second-order valence-electron chi connectivity index (χ2n) is 6.51. The fourth-order valence-electron chi connectivity index (χ4n) is 2.56. The third kappa shape index (κ3) is 4.85. The van der Waals surface area contributed by atoms with Crippen molar-refractivity contribution in [3.05, 3.63) is 22.3 Å². The molecule has 0 radical (unpaired) electrons. The zero-order valence-corrected chi connectivity index (χ0v) is 16.8. The molecule has 0 bridgehead atoms. The Hall–Kier alpha value is -1.80. The Labute approximate surface area is 152 Å². The molecule has 0 aliphatic heterocycles. The van der Waals surface area contributed by atoms with Crippen LogP contribution in [0.15, 0.2) is 4.90 Å². The Kier molecular flexibility index (Phi) is 6.13. The maximum Gasteiger partial charge on any atom is 0.412 e. The first-order chi connectivity index (χ1) is 11.2. The van der Waals surface area contributed by atoms with Gasteiger partial charge in [-0.1, -0.05) is 0 Å². The third-order valence-corrected chi connectivity index (χ3v) is 5.00. The average Bonchev–Trinajstić information content (AvgIpc) is 2.39. The van der Waals surface area contributed by atoms with Gasteiger partial charge in [-0.2, -0.15) is 0 Å². The summed E-state index contributed by atoms with van der Waals surface area (Å²) in [6.07, 6.45) is -0.781. The molecule has 0 aliphatic rings. The zero-order chi connectivity index (χ0) is 19.7. The second kappa shape index (κ2) is 7.21. The van der Waals surface area contributed by atoms with Crippen LogP contribution in [-0.2, 0) is 18.5 Å². The molecular weight excluding hydrogens is 370 g/mol.